The van der Waals surface area contributed by atoms with Crippen molar-refractivity contribution < 1.29 is 14.3 Å². The van der Waals surface area contributed by atoms with Crippen LogP contribution in [0.2, 0.25) is 0 Å². The molecule has 1 amide bonds. The predicted octanol–water partition coefficient (Wildman–Crippen LogP) is 2.91. The molecule has 5 heteroatoms. The van der Waals surface area contributed by atoms with E-state index in [1.54, 1.807) is 32.5 Å². The Morgan fingerprint density at radius 2 is 1.96 bits per heavy atom. The first kappa shape index (κ1) is 15.3. The van der Waals surface area contributed by atoms with Crippen molar-refractivity contribution in [3.8, 4) is 11.5 Å². The molecule has 1 unspecified atom stereocenters. The molecule has 0 fully saturated rings. The zero-order valence-corrected chi connectivity index (χ0v) is 13.3. The second-order valence-corrected chi connectivity index (χ2v) is 5.56. The summed E-state index contributed by atoms with van der Waals surface area (Å²) in [7, 11) is 3.24. The van der Waals surface area contributed by atoms with Crippen LogP contribution in [0.1, 0.15) is 40.5 Å². The van der Waals surface area contributed by atoms with Gasteiger partial charge in [0, 0.05) is 12.3 Å². The lowest BCUT2D eigenvalue weighted by molar-refractivity contribution is 0.0927. The molecule has 23 heavy (non-hydrogen) atoms. The third kappa shape index (κ3) is 3.28. The van der Waals surface area contributed by atoms with E-state index in [0.29, 0.717) is 11.4 Å². The van der Waals surface area contributed by atoms with Gasteiger partial charge in [0.15, 0.2) is 0 Å². The maximum absolute atomic E-state index is 12.5. The number of carbonyl (C=O) groups excluding carboxylic acids is 1. The molecular formula is C18H20N2O3. The standard InChI is InChI=1S/C18H20N2O3/c1-22-13-6-7-15-12(10-13)4-3-5-16(15)20-18(21)17-11-14(23-2)8-9-19-17/h6-11,16H,3-5H2,1-2H3,(H,20,21). The molecular weight excluding hydrogens is 292 g/mol. The van der Waals surface area contributed by atoms with E-state index in [-0.39, 0.29) is 11.9 Å². The molecule has 0 radical (unpaired) electrons. The number of aromatic nitrogens is 1. The number of methoxy groups -OCH3 is 2. The smallest absolute Gasteiger partial charge is 0.270 e. The Bertz CT molecular complexity index is 715. The van der Waals surface area contributed by atoms with Gasteiger partial charge in [-0.05, 0) is 48.6 Å². The van der Waals surface area contributed by atoms with E-state index in [9.17, 15) is 4.79 Å². The summed E-state index contributed by atoms with van der Waals surface area (Å²) >= 11 is 0. The highest BCUT2D eigenvalue weighted by Gasteiger charge is 2.23. The van der Waals surface area contributed by atoms with Gasteiger partial charge in [-0.15, -0.1) is 0 Å². The second kappa shape index (κ2) is 6.69. The van der Waals surface area contributed by atoms with Crippen molar-refractivity contribution in [2.24, 2.45) is 0 Å². The topological polar surface area (TPSA) is 60.5 Å². The van der Waals surface area contributed by atoms with Crippen LogP contribution in [0.15, 0.2) is 36.5 Å². The summed E-state index contributed by atoms with van der Waals surface area (Å²) < 4.78 is 10.4. The zero-order valence-electron chi connectivity index (χ0n) is 13.3. The van der Waals surface area contributed by atoms with Gasteiger partial charge in [0.05, 0.1) is 20.3 Å². The Balaban J connectivity index is 1.80. The van der Waals surface area contributed by atoms with Crippen LogP contribution in [0.5, 0.6) is 11.5 Å². The summed E-state index contributed by atoms with van der Waals surface area (Å²) in [5.41, 5.74) is 2.76. The highest BCUT2D eigenvalue weighted by atomic mass is 16.5. The van der Waals surface area contributed by atoms with E-state index in [4.69, 9.17) is 9.47 Å². The fraction of sp³-hybridized carbons (Fsp3) is 0.333. The molecule has 1 aromatic heterocycles. The first-order valence-corrected chi connectivity index (χ1v) is 7.69. The maximum Gasteiger partial charge on any atom is 0.270 e. The lowest BCUT2D eigenvalue weighted by Gasteiger charge is -2.26. The van der Waals surface area contributed by atoms with E-state index >= 15 is 0 Å². The highest BCUT2D eigenvalue weighted by molar-refractivity contribution is 5.92. The zero-order chi connectivity index (χ0) is 16.2. The molecule has 1 N–H and O–H groups in total. The minimum absolute atomic E-state index is 0.00478. The van der Waals surface area contributed by atoms with Gasteiger partial charge in [-0.3, -0.25) is 9.78 Å². The minimum atomic E-state index is -0.183. The molecule has 0 saturated carbocycles. The average molecular weight is 312 g/mol. The number of carbonyl (C=O) groups is 1. The van der Waals surface area contributed by atoms with Crippen LogP contribution in [0, 0.1) is 0 Å². The summed E-state index contributed by atoms with van der Waals surface area (Å²) in [6.45, 7) is 0. The van der Waals surface area contributed by atoms with E-state index < -0.39 is 0 Å². The number of fused-ring (bicyclic) bond motifs is 1. The summed E-state index contributed by atoms with van der Waals surface area (Å²) in [5, 5.41) is 3.08. The van der Waals surface area contributed by atoms with Crippen LogP contribution in [-0.4, -0.2) is 25.1 Å². The summed E-state index contributed by atoms with van der Waals surface area (Å²) in [6, 6.07) is 9.40. The normalized spacial score (nSPS) is 16.3. The fourth-order valence-corrected chi connectivity index (χ4v) is 2.96. The van der Waals surface area contributed by atoms with Gasteiger partial charge in [0.1, 0.15) is 17.2 Å². The Hall–Kier alpha value is -2.56. The van der Waals surface area contributed by atoms with Crippen molar-refractivity contribution in [2.45, 2.75) is 25.3 Å². The van der Waals surface area contributed by atoms with Crippen molar-refractivity contribution in [3.63, 3.8) is 0 Å². The Labute approximate surface area is 135 Å². The van der Waals surface area contributed by atoms with Crippen molar-refractivity contribution in [1.82, 2.24) is 10.3 Å². The largest absolute Gasteiger partial charge is 0.497 e. The number of hydrogen-bond acceptors (Lipinski definition) is 4. The highest BCUT2D eigenvalue weighted by Crippen LogP contribution is 2.32. The minimum Gasteiger partial charge on any atom is -0.497 e. The molecule has 0 spiro atoms. The quantitative estimate of drug-likeness (QED) is 0.943. The number of hydrogen-bond donors (Lipinski definition) is 1. The number of rotatable bonds is 4. The van der Waals surface area contributed by atoms with Crippen LogP contribution < -0.4 is 14.8 Å². The molecule has 0 saturated heterocycles. The van der Waals surface area contributed by atoms with Crippen molar-refractivity contribution >= 4 is 5.91 Å². The summed E-state index contributed by atoms with van der Waals surface area (Å²) in [5.74, 6) is 1.29. The lowest BCUT2D eigenvalue weighted by atomic mass is 9.87. The molecule has 1 aliphatic carbocycles. The maximum atomic E-state index is 12.5. The number of benzene rings is 1. The van der Waals surface area contributed by atoms with Gasteiger partial charge >= 0.3 is 0 Å². The van der Waals surface area contributed by atoms with Gasteiger partial charge in [0.2, 0.25) is 0 Å². The van der Waals surface area contributed by atoms with E-state index in [1.165, 1.54) is 5.56 Å². The molecule has 2 aromatic rings. The molecule has 5 nitrogen and oxygen atoms in total. The number of ether oxygens (including phenoxy) is 2. The fourth-order valence-electron chi connectivity index (χ4n) is 2.96. The van der Waals surface area contributed by atoms with Crippen molar-refractivity contribution in [3.05, 3.63) is 53.3 Å². The van der Waals surface area contributed by atoms with E-state index in [1.807, 2.05) is 12.1 Å². The molecule has 1 atom stereocenters. The summed E-state index contributed by atoms with van der Waals surface area (Å²) in [4.78, 5) is 16.6. The average Bonchev–Trinajstić information content (AvgIpc) is 2.61. The predicted molar refractivity (Wildman–Crippen MR) is 86.9 cm³/mol. The molecule has 0 bridgehead atoms. The number of nitrogens with zero attached hydrogens (tertiary/aromatic N) is 1. The lowest BCUT2D eigenvalue weighted by Crippen LogP contribution is -2.31. The van der Waals surface area contributed by atoms with Gasteiger partial charge in [-0.1, -0.05) is 6.07 Å². The Kier molecular flexibility index (Phi) is 4.46. The van der Waals surface area contributed by atoms with Gasteiger partial charge in [-0.25, -0.2) is 0 Å². The van der Waals surface area contributed by atoms with Gasteiger partial charge in [0.25, 0.3) is 5.91 Å². The number of pyridine rings is 1. The molecule has 1 aliphatic rings. The van der Waals surface area contributed by atoms with Crippen LogP contribution >= 0.6 is 0 Å². The van der Waals surface area contributed by atoms with Crippen LogP contribution in [0.3, 0.4) is 0 Å². The van der Waals surface area contributed by atoms with Crippen molar-refractivity contribution in [1.29, 1.82) is 0 Å². The van der Waals surface area contributed by atoms with E-state index in [0.717, 1.165) is 30.6 Å². The van der Waals surface area contributed by atoms with Crippen LogP contribution in [-0.2, 0) is 6.42 Å². The van der Waals surface area contributed by atoms with Crippen molar-refractivity contribution in [2.75, 3.05) is 14.2 Å². The first-order valence-electron chi connectivity index (χ1n) is 7.69. The second-order valence-electron chi connectivity index (χ2n) is 5.56. The molecule has 3 rings (SSSR count). The van der Waals surface area contributed by atoms with E-state index in [2.05, 4.69) is 16.4 Å². The molecule has 1 aromatic carbocycles. The monoisotopic (exact) mass is 312 g/mol. The van der Waals surface area contributed by atoms with Crippen LogP contribution in [0.25, 0.3) is 0 Å². The third-order valence-corrected chi connectivity index (χ3v) is 4.17. The first-order chi connectivity index (χ1) is 11.2. The molecule has 120 valence electrons. The number of amides is 1. The molecule has 1 heterocycles. The third-order valence-electron chi connectivity index (χ3n) is 4.17. The Morgan fingerprint density at radius 1 is 1.17 bits per heavy atom. The number of nitrogens with one attached hydrogen (secondary N) is 1. The van der Waals surface area contributed by atoms with Crippen LogP contribution in [0.4, 0.5) is 0 Å². The van der Waals surface area contributed by atoms with Gasteiger partial charge < -0.3 is 14.8 Å². The summed E-state index contributed by atoms with van der Waals surface area (Å²) in [6.07, 6.45) is 4.55. The SMILES string of the molecule is COc1ccnc(C(=O)NC2CCCc3cc(OC)ccc32)c1. The molecule has 0 aliphatic heterocycles. The Morgan fingerprint density at radius 3 is 2.74 bits per heavy atom. The van der Waals surface area contributed by atoms with Gasteiger partial charge in [-0.2, -0.15) is 0 Å². The number of aryl methyl sites for hydroxylation is 1.